The number of rotatable bonds is 12. The second-order valence-corrected chi connectivity index (χ2v) is 8.68. The van der Waals surface area contributed by atoms with Crippen molar-refractivity contribution in [3.63, 3.8) is 0 Å². The minimum atomic E-state index is -0.106. The molecule has 1 unspecified atom stereocenters. The third kappa shape index (κ3) is 6.07. The average Bonchev–Trinajstić information content (AvgIpc) is 3.27. The summed E-state index contributed by atoms with van der Waals surface area (Å²) in [6.07, 6.45) is 2.53. The number of carbonyl (C=O) groups is 1. The first kappa shape index (κ1) is 25.3. The second kappa shape index (κ2) is 12.3. The normalized spacial score (nSPS) is 11.9. The SMILES string of the molecule is CCOc1ccc(C(CC(=O)NCCOC)c2cn(Cc3ccc(OC)cc3)c3ccccc23)cc1. The Morgan fingerprint density at radius 2 is 1.67 bits per heavy atom. The number of methoxy groups -OCH3 is 2. The Balaban J connectivity index is 1.71. The molecule has 3 aromatic carbocycles. The van der Waals surface area contributed by atoms with E-state index in [9.17, 15) is 4.79 Å². The highest BCUT2D eigenvalue weighted by molar-refractivity contribution is 5.86. The van der Waals surface area contributed by atoms with Crippen LogP contribution in [-0.4, -0.2) is 44.5 Å². The van der Waals surface area contributed by atoms with Crippen molar-refractivity contribution in [3.8, 4) is 11.5 Å². The molecule has 4 rings (SSSR count). The molecule has 0 saturated carbocycles. The van der Waals surface area contributed by atoms with Gasteiger partial charge in [-0.2, -0.15) is 0 Å². The Labute approximate surface area is 212 Å². The molecule has 6 heteroatoms. The molecule has 1 atom stereocenters. The first-order valence-electron chi connectivity index (χ1n) is 12.3. The summed E-state index contributed by atoms with van der Waals surface area (Å²) in [6, 6.07) is 24.6. The topological polar surface area (TPSA) is 61.7 Å². The lowest BCUT2D eigenvalue weighted by Gasteiger charge is -2.18. The van der Waals surface area contributed by atoms with Crippen LogP contribution in [0.2, 0.25) is 0 Å². The minimum absolute atomic E-state index is 0.00193. The van der Waals surface area contributed by atoms with E-state index in [-0.39, 0.29) is 11.8 Å². The molecule has 1 heterocycles. The molecule has 0 radical (unpaired) electrons. The second-order valence-electron chi connectivity index (χ2n) is 8.68. The fourth-order valence-electron chi connectivity index (χ4n) is 4.53. The van der Waals surface area contributed by atoms with Crippen LogP contribution in [0.1, 0.15) is 36.0 Å². The Hall–Kier alpha value is -3.77. The average molecular weight is 487 g/mol. The van der Waals surface area contributed by atoms with Crippen molar-refractivity contribution < 1.29 is 19.0 Å². The summed E-state index contributed by atoms with van der Waals surface area (Å²) in [4.78, 5) is 12.9. The maximum atomic E-state index is 12.9. The van der Waals surface area contributed by atoms with Gasteiger partial charge in [-0.3, -0.25) is 4.79 Å². The van der Waals surface area contributed by atoms with Gasteiger partial charge in [0.1, 0.15) is 11.5 Å². The summed E-state index contributed by atoms with van der Waals surface area (Å²) in [5.74, 6) is 1.56. The summed E-state index contributed by atoms with van der Waals surface area (Å²) in [7, 11) is 3.31. The number of benzene rings is 3. The molecule has 36 heavy (non-hydrogen) atoms. The van der Waals surface area contributed by atoms with E-state index in [0.29, 0.717) is 26.2 Å². The lowest BCUT2D eigenvalue weighted by molar-refractivity contribution is -0.121. The van der Waals surface area contributed by atoms with Crippen LogP contribution in [0.15, 0.2) is 79.0 Å². The molecule has 6 nitrogen and oxygen atoms in total. The molecule has 1 N–H and O–H groups in total. The van der Waals surface area contributed by atoms with Crippen LogP contribution in [0, 0.1) is 0 Å². The maximum absolute atomic E-state index is 12.9. The molecule has 0 aliphatic rings. The molecule has 0 fully saturated rings. The first-order valence-corrected chi connectivity index (χ1v) is 12.3. The summed E-state index contributed by atoms with van der Waals surface area (Å²) < 4.78 is 18.3. The van der Waals surface area contributed by atoms with E-state index >= 15 is 0 Å². The number of amides is 1. The number of nitrogens with zero attached hydrogens (tertiary/aromatic N) is 1. The number of nitrogens with one attached hydrogen (secondary N) is 1. The summed E-state index contributed by atoms with van der Waals surface area (Å²) in [6.45, 7) is 4.29. The molecular weight excluding hydrogens is 452 g/mol. The molecule has 0 aliphatic carbocycles. The van der Waals surface area contributed by atoms with Gasteiger partial charge < -0.3 is 24.1 Å². The van der Waals surface area contributed by atoms with Crippen molar-refractivity contribution >= 4 is 16.8 Å². The van der Waals surface area contributed by atoms with Crippen molar-refractivity contribution in [1.82, 2.24) is 9.88 Å². The van der Waals surface area contributed by atoms with E-state index in [1.54, 1.807) is 14.2 Å². The molecule has 1 amide bonds. The highest BCUT2D eigenvalue weighted by atomic mass is 16.5. The highest BCUT2D eigenvalue weighted by Gasteiger charge is 2.23. The zero-order valence-corrected chi connectivity index (χ0v) is 21.2. The fraction of sp³-hybridized carbons (Fsp3) is 0.300. The quantitative estimate of drug-likeness (QED) is 0.273. The summed E-state index contributed by atoms with van der Waals surface area (Å²) in [5.41, 5.74) is 4.52. The zero-order valence-electron chi connectivity index (χ0n) is 21.2. The van der Waals surface area contributed by atoms with E-state index in [1.807, 2.05) is 31.2 Å². The number of para-hydroxylation sites is 1. The molecular formula is C30H34N2O4. The number of hydrogen-bond donors (Lipinski definition) is 1. The maximum Gasteiger partial charge on any atom is 0.221 e. The Morgan fingerprint density at radius 1 is 0.944 bits per heavy atom. The van der Waals surface area contributed by atoms with Gasteiger partial charge in [0.2, 0.25) is 5.91 Å². The third-order valence-electron chi connectivity index (χ3n) is 6.32. The van der Waals surface area contributed by atoms with Crippen molar-refractivity contribution in [2.24, 2.45) is 0 Å². The van der Waals surface area contributed by atoms with E-state index in [1.165, 1.54) is 5.56 Å². The number of aromatic nitrogens is 1. The largest absolute Gasteiger partial charge is 0.497 e. The summed E-state index contributed by atoms with van der Waals surface area (Å²) in [5, 5.41) is 4.13. The van der Waals surface area contributed by atoms with Crippen molar-refractivity contribution in [2.45, 2.75) is 25.8 Å². The van der Waals surface area contributed by atoms with Crippen LogP contribution in [-0.2, 0) is 16.1 Å². The standard InChI is InChI=1S/C30H34N2O4/c1-4-36-25-15-11-23(12-16-25)27(19-30(33)31-17-18-34-2)28-21-32(29-8-6-5-7-26(28)29)20-22-9-13-24(35-3)14-10-22/h5-16,21,27H,4,17-20H2,1-3H3,(H,31,33). The van der Waals surface area contributed by atoms with Crippen LogP contribution in [0.5, 0.6) is 11.5 Å². The molecule has 188 valence electrons. The first-order chi connectivity index (χ1) is 17.6. The van der Waals surface area contributed by atoms with Gasteiger partial charge in [0.15, 0.2) is 0 Å². The fourth-order valence-corrected chi connectivity index (χ4v) is 4.53. The van der Waals surface area contributed by atoms with Gasteiger partial charge in [-0.15, -0.1) is 0 Å². The molecule has 0 spiro atoms. The number of hydrogen-bond acceptors (Lipinski definition) is 4. The van der Waals surface area contributed by atoms with Gasteiger partial charge in [-0.1, -0.05) is 42.5 Å². The minimum Gasteiger partial charge on any atom is -0.497 e. The number of fused-ring (bicyclic) bond motifs is 1. The summed E-state index contributed by atoms with van der Waals surface area (Å²) >= 11 is 0. The van der Waals surface area contributed by atoms with Gasteiger partial charge in [0.25, 0.3) is 0 Å². The monoisotopic (exact) mass is 486 g/mol. The Morgan fingerprint density at radius 3 is 2.36 bits per heavy atom. The van der Waals surface area contributed by atoms with E-state index in [4.69, 9.17) is 14.2 Å². The van der Waals surface area contributed by atoms with Gasteiger partial charge >= 0.3 is 0 Å². The van der Waals surface area contributed by atoms with Crippen molar-refractivity contribution in [1.29, 1.82) is 0 Å². The van der Waals surface area contributed by atoms with Gasteiger partial charge in [-0.05, 0) is 53.9 Å². The van der Waals surface area contributed by atoms with E-state index in [2.05, 4.69) is 64.6 Å². The zero-order chi connectivity index (χ0) is 25.3. The Bertz CT molecular complexity index is 1260. The van der Waals surface area contributed by atoms with Crippen LogP contribution in [0.25, 0.3) is 10.9 Å². The third-order valence-corrected chi connectivity index (χ3v) is 6.32. The van der Waals surface area contributed by atoms with Crippen LogP contribution in [0.4, 0.5) is 0 Å². The lowest BCUT2D eigenvalue weighted by atomic mass is 9.88. The van der Waals surface area contributed by atoms with Gasteiger partial charge in [0, 0.05) is 49.6 Å². The molecule has 0 bridgehead atoms. The lowest BCUT2D eigenvalue weighted by Crippen LogP contribution is -2.28. The predicted octanol–water partition coefficient (Wildman–Crippen LogP) is 5.38. The molecule has 1 aromatic heterocycles. The smallest absolute Gasteiger partial charge is 0.221 e. The van der Waals surface area contributed by atoms with E-state index < -0.39 is 0 Å². The Kier molecular flexibility index (Phi) is 8.63. The van der Waals surface area contributed by atoms with Crippen LogP contribution in [0.3, 0.4) is 0 Å². The van der Waals surface area contributed by atoms with Crippen molar-refractivity contribution in [3.05, 3.63) is 95.7 Å². The van der Waals surface area contributed by atoms with Gasteiger partial charge in [-0.25, -0.2) is 0 Å². The van der Waals surface area contributed by atoms with Crippen molar-refractivity contribution in [2.75, 3.05) is 34.0 Å². The number of ether oxygens (including phenoxy) is 3. The van der Waals surface area contributed by atoms with Crippen LogP contribution >= 0.6 is 0 Å². The van der Waals surface area contributed by atoms with Crippen LogP contribution < -0.4 is 14.8 Å². The predicted molar refractivity (Wildman–Crippen MR) is 143 cm³/mol. The highest BCUT2D eigenvalue weighted by Crippen LogP contribution is 2.36. The number of carbonyl (C=O) groups excluding carboxylic acids is 1. The molecule has 0 saturated heterocycles. The molecule has 4 aromatic rings. The van der Waals surface area contributed by atoms with Gasteiger partial charge in [0.05, 0.1) is 20.3 Å². The van der Waals surface area contributed by atoms with E-state index in [0.717, 1.165) is 40.1 Å². The molecule has 0 aliphatic heterocycles.